The van der Waals surface area contributed by atoms with Gasteiger partial charge in [-0.1, -0.05) is 19.4 Å². The first-order valence-electron chi connectivity index (χ1n) is 4.37. The minimum atomic E-state index is -0.0756. The smallest absolute Gasteiger partial charge is 0.0571 e. The van der Waals surface area contributed by atoms with E-state index in [4.69, 9.17) is 0 Å². The first kappa shape index (κ1) is 8.58. The lowest BCUT2D eigenvalue weighted by Gasteiger charge is -2.26. The van der Waals surface area contributed by atoms with Crippen LogP contribution >= 0.6 is 0 Å². The van der Waals surface area contributed by atoms with Crippen LogP contribution in [0.1, 0.15) is 32.1 Å². The van der Waals surface area contributed by atoms with Gasteiger partial charge in [0, 0.05) is 0 Å². The van der Waals surface area contributed by atoms with Crippen molar-refractivity contribution in [3.63, 3.8) is 0 Å². The quantitative estimate of drug-likeness (QED) is 0.602. The van der Waals surface area contributed by atoms with Crippen molar-refractivity contribution < 1.29 is 5.11 Å². The molecule has 11 heavy (non-hydrogen) atoms. The Labute approximate surface area is 68.4 Å². The van der Waals surface area contributed by atoms with E-state index in [1.807, 2.05) is 6.08 Å². The number of rotatable bonds is 2. The van der Waals surface area contributed by atoms with Crippen molar-refractivity contribution in [2.75, 3.05) is 0 Å². The predicted octanol–water partition coefficient (Wildman–Crippen LogP) is 2.27. The molecule has 0 aromatic carbocycles. The molecule has 1 heteroatoms. The van der Waals surface area contributed by atoms with Crippen LogP contribution in [0.15, 0.2) is 18.4 Å². The van der Waals surface area contributed by atoms with Gasteiger partial charge in [-0.3, -0.25) is 0 Å². The Morgan fingerprint density at radius 3 is 2.82 bits per heavy atom. The minimum absolute atomic E-state index is 0.0756. The molecule has 1 N–H and O–H groups in total. The fourth-order valence-corrected chi connectivity index (χ4v) is 1.70. The van der Waals surface area contributed by atoms with E-state index < -0.39 is 0 Å². The van der Waals surface area contributed by atoms with Crippen LogP contribution in [0, 0.1) is 5.92 Å². The highest BCUT2D eigenvalue weighted by molar-refractivity contribution is 4.84. The van der Waals surface area contributed by atoms with Crippen molar-refractivity contribution in [1.29, 1.82) is 0 Å². The maximum atomic E-state index is 9.53. The van der Waals surface area contributed by atoms with Gasteiger partial charge in [-0.2, -0.15) is 0 Å². The number of aliphatic hydroxyl groups is 1. The van der Waals surface area contributed by atoms with Gasteiger partial charge < -0.3 is 5.11 Å². The normalized spacial score (nSPS) is 31.0. The van der Waals surface area contributed by atoms with Gasteiger partial charge >= 0.3 is 0 Å². The van der Waals surface area contributed by atoms with Gasteiger partial charge in [-0.25, -0.2) is 0 Å². The number of hydrogen-bond acceptors (Lipinski definition) is 1. The molecular formula is C10H16O. The number of aliphatic hydroxyl groups excluding tert-OH is 1. The van der Waals surface area contributed by atoms with Gasteiger partial charge in [0.1, 0.15) is 0 Å². The van der Waals surface area contributed by atoms with E-state index in [-0.39, 0.29) is 6.10 Å². The zero-order chi connectivity index (χ0) is 8.10. The van der Waals surface area contributed by atoms with Crippen LogP contribution < -0.4 is 0 Å². The fraction of sp³-hybridized carbons (Fsp3) is 0.700. The molecule has 0 heterocycles. The summed E-state index contributed by atoms with van der Waals surface area (Å²) in [5.41, 5.74) is 2.75. The second-order valence-corrected chi connectivity index (χ2v) is 3.26. The molecule has 1 fully saturated rings. The second kappa shape index (κ2) is 4.38. The summed E-state index contributed by atoms with van der Waals surface area (Å²) in [6.45, 7) is 3.51. The topological polar surface area (TPSA) is 20.2 Å². The average molecular weight is 152 g/mol. The SMILES string of the molecule is C=C=CC[C@H]1CCCC[C@@H]1O. The summed E-state index contributed by atoms with van der Waals surface area (Å²) in [6.07, 6.45) is 7.41. The van der Waals surface area contributed by atoms with Gasteiger partial charge in [-0.05, 0) is 31.3 Å². The maximum absolute atomic E-state index is 9.53. The van der Waals surface area contributed by atoms with E-state index in [9.17, 15) is 5.11 Å². The minimum Gasteiger partial charge on any atom is -0.393 e. The van der Waals surface area contributed by atoms with Crippen molar-refractivity contribution in [2.45, 2.75) is 38.2 Å². The largest absolute Gasteiger partial charge is 0.393 e. The van der Waals surface area contributed by atoms with Gasteiger partial charge in [0.2, 0.25) is 0 Å². The van der Waals surface area contributed by atoms with Crippen LogP contribution in [0.4, 0.5) is 0 Å². The monoisotopic (exact) mass is 152 g/mol. The molecule has 0 spiro atoms. The van der Waals surface area contributed by atoms with Crippen LogP contribution in [-0.2, 0) is 0 Å². The molecule has 2 atom stereocenters. The molecular weight excluding hydrogens is 136 g/mol. The Bertz CT molecular complexity index is 156. The Hall–Kier alpha value is -0.520. The standard InChI is InChI=1S/C10H16O/c1-2-3-6-9-7-4-5-8-10(9)11/h3,9-11H,1,4-8H2/t9-,10-/m0/s1. The first-order valence-corrected chi connectivity index (χ1v) is 4.37. The summed E-state index contributed by atoms with van der Waals surface area (Å²) in [5.74, 6) is 0.470. The zero-order valence-corrected chi connectivity index (χ0v) is 6.92. The van der Waals surface area contributed by atoms with Crippen LogP contribution in [0.2, 0.25) is 0 Å². The highest BCUT2D eigenvalue weighted by Gasteiger charge is 2.21. The molecule has 0 aromatic rings. The van der Waals surface area contributed by atoms with Gasteiger partial charge in [0.25, 0.3) is 0 Å². The average Bonchev–Trinajstić information content (AvgIpc) is 2.03. The molecule has 1 saturated carbocycles. The fourth-order valence-electron chi connectivity index (χ4n) is 1.70. The van der Waals surface area contributed by atoms with Gasteiger partial charge in [0.15, 0.2) is 0 Å². The summed E-state index contributed by atoms with van der Waals surface area (Å²) < 4.78 is 0. The molecule has 1 nitrogen and oxygen atoms in total. The lowest BCUT2D eigenvalue weighted by atomic mass is 9.84. The highest BCUT2D eigenvalue weighted by Crippen LogP contribution is 2.26. The molecule has 1 aliphatic carbocycles. The summed E-state index contributed by atoms with van der Waals surface area (Å²) in [7, 11) is 0. The lowest BCUT2D eigenvalue weighted by molar-refractivity contribution is 0.0714. The van der Waals surface area contributed by atoms with Gasteiger partial charge in [0.05, 0.1) is 6.10 Å². The third-order valence-corrected chi connectivity index (χ3v) is 2.43. The van der Waals surface area contributed by atoms with E-state index >= 15 is 0 Å². The molecule has 0 radical (unpaired) electrons. The van der Waals surface area contributed by atoms with Crippen LogP contribution in [0.3, 0.4) is 0 Å². The number of hydrogen-bond donors (Lipinski definition) is 1. The van der Waals surface area contributed by atoms with Gasteiger partial charge in [-0.15, -0.1) is 5.73 Å². The molecule has 0 aliphatic heterocycles. The van der Waals surface area contributed by atoms with Crippen molar-refractivity contribution in [1.82, 2.24) is 0 Å². The first-order chi connectivity index (χ1) is 5.34. The zero-order valence-electron chi connectivity index (χ0n) is 6.92. The Morgan fingerprint density at radius 2 is 2.18 bits per heavy atom. The lowest BCUT2D eigenvalue weighted by Crippen LogP contribution is -2.23. The summed E-state index contributed by atoms with van der Waals surface area (Å²) in [4.78, 5) is 0. The summed E-state index contributed by atoms with van der Waals surface area (Å²) in [6, 6.07) is 0. The van der Waals surface area contributed by atoms with Crippen molar-refractivity contribution >= 4 is 0 Å². The van der Waals surface area contributed by atoms with E-state index in [1.54, 1.807) is 0 Å². The highest BCUT2D eigenvalue weighted by atomic mass is 16.3. The van der Waals surface area contributed by atoms with Crippen molar-refractivity contribution in [3.05, 3.63) is 18.4 Å². The third-order valence-electron chi connectivity index (χ3n) is 2.43. The molecule has 0 saturated heterocycles. The Morgan fingerprint density at radius 1 is 1.45 bits per heavy atom. The van der Waals surface area contributed by atoms with Crippen molar-refractivity contribution in [3.8, 4) is 0 Å². The van der Waals surface area contributed by atoms with E-state index in [2.05, 4.69) is 12.3 Å². The van der Waals surface area contributed by atoms with Crippen LogP contribution in [0.5, 0.6) is 0 Å². The molecule has 0 amide bonds. The maximum Gasteiger partial charge on any atom is 0.0571 e. The van der Waals surface area contributed by atoms with E-state index in [1.165, 1.54) is 19.3 Å². The second-order valence-electron chi connectivity index (χ2n) is 3.26. The van der Waals surface area contributed by atoms with Crippen LogP contribution in [-0.4, -0.2) is 11.2 Å². The van der Waals surface area contributed by atoms with E-state index in [0.717, 1.165) is 12.8 Å². The van der Waals surface area contributed by atoms with E-state index in [0.29, 0.717) is 5.92 Å². The molecule has 0 bridgehead atoms. The summed E-state index contributed by atoms with van der Waals surface area (Å²) >= 11 is 0. The predicted molar refractivity (Wildman–Crippen MR) is 46.3 cm³/mol. The molecule has 0 aromatic heterocycles. The molecule has 1 rings (SSSR count). The molecule has 0 unspecified atom stereocenters. The molecule has 62 valence electrons. The summed E-state index contributed by atoms with van der Waals surface area (Å²) in [5, 5.41) is 9.53. The van der Waals surface area contributed by atoms with Crippen molar-refractivity contribution in [2.24, 2.45) is 5.92 Å². The number of allylic oxidation sites excluding steroid dienone is 1. The third kappa shape index (κ3) is 2.53. The van der Waals surface area contributed by atoms with Crippen LogP contribution in [0.25, 0.3) is 0 Å². The Balaban J connectivity index is 2.35. The molecule has 1 aliphatic rings. The Kier molecular flexibility index (Phi) is 3.41.